The van der Waals surface area contributed by atoms with Gasteiger partial charge in [-0.25, -0.2) is 16.8 Å². The number of rotatable bonds is 12. The molecule has 0 spiro atoms. The van der Waals surface area contributed by atoms with Crippen molar-refractivity contribution in [3.8, 4) is 0 Å². The molecule has 2 aromatic carbocycles. The molecule has 0 aliphatic heterocycles. The Morgan fingerprint density at radius 3 is 2.19 bits per heavy atom. The Balaban J connectivity index is 2.06. The van der Waals surface area contributed by atoms with Gasteiger partial charge in [-0.3, -0.25) is 9.52 Å². The standard InChI is InChI=1S/C21H29N3O5S2/c1-2-3-4-5-8-15-30(26,27)18-13-11-17(12-14-18)23-21(25)19-9-6-7-10-20(19)24-31(28,29)16-22/h6-7,9-14,24H,2-5,8,15-16,22H2,1H3,(H,23,25). The number of anilines is 2. The molecule has 31 heavy (non-hydrogen) atoms. The lowest BCUT2D eigenvalue weighted by Gasteiger charge is -2.12. The lowest BCUT2D eigenvalue weighted by atomic mass is 10.1. The average molecular weight is 468 g/mol. The SMILES string of the molecule is CCCCCCCS(=O)(=O)c1ccc(NC(=O)c2ccccc2NS(=O)(=O)CN)cc1. The van der Waals surface area contributed by atoms with Gasteiger partial charge in [-0.2, -0.15) is 0 Å². The van der Waals surface area contributed by atoms with E-state index in [2.05, 4.69) is 17.0 Å². The molecule has 170 valence electrons. The number of unbranched alkanes of at least 4 members (excludes halogenated alkanes) is 4. The highest BCUT2D eigenvalue weighted by Crippen LogP contribution is 2.21. The highest BCUT2D eigenvalue weighted by Gasteiger charge is 2.17. The van der Waals surface area contributed by atoms with E-state index in [-0.39, 0.29) is 21.9 Å². The van der Waals surface area contributed by atoms with Crippen molar-refractivity contribution in [1.82, 2.24) is 0 Å². The number of carbonyl (C=O) groups excluding carboxylic acids is 1. The maximum absolute atomic E-state index is 12.6. The highest BCUT2D eigenvalue weighted by molar-refractivity contribution is 7.92. The van der Waals surface area contributed by atoms with E-state index in [0.717, 1.165) is 25.7 Å². The molecule has 1 amide bonds. The minimum absolute atomic E-state index is 0.0943. The van der Waals surface area contributed by atoms with Gasteiger partial charge in [0.25, 0.3) is 5.91 Å². The number of benzene rings is 2. The fourth-order valence-corrected chi connectivity index (χ4v) is 4.90. The molecule has 0 heterocycles. The Labute approximate surface area is 184 Å². The molecule has 0 atom stereocenters. The fraction of sp³-hybridized carbons (Fsp3) is 0.381. The lowest BCUT2D eigenvalue weighted by Crippen LogP contribution is -2.24. The van der Waals surface area contributed by atoms with Crippen LogP contribution in [-0.2, 0) is 19.9 Å². The molecule has 0 aliphatic carbocycles. The maximum Gasteiger partial charge on any atom is 0.257 e. The Bertz CT molecular complexity index is 1080. The molecule has 2 rings (SSSR count). The Morgan fingerprint density at radius 2 is 1.55 bits per heavy atom. The van der Waals surface area contributed by atoms with Crippen LogP contribution in [0.4, 0.5) is 11.4 Å². The van der Waals surface area contributed by atoms with Crippen molar-refractivity contribution < 1.29 is 21.6 Å². The number of sulfone groups is 1. The Hall–Kier alpha value is -2.43. The lowest BCUT2D eigenvalue weighted by molar-refractivity contribution is 0.102. The quantitative estimate of drug-likeness (QED) is 0.410. The van der Waals surface area contributed by atoms with Gasteiger partial charge in [0, 0.05) is 5.69 Å². The first kappa shape index (κ1) is 24.8. The van der Waals surface area contributed by atoms with Crippen LogP contribution in [-0.4, -0.2) is 34.4 Å². The molecule has 8 nitrogen and oxygen atoms in total. The second-order valence-corrected chi connectivity index (χ2v) is 11.0. The first-order chi connectivity index (χ1) is 14.7. The number of carbonyl (C=O) groups is 1. The number of nitrogens with two attached hydrogens (primary N) is 1. The first-order valence-electron chi connectivity index (χ1n) is 10.1. The van der Waals surface area contributed by atoms with Crippen molar-refractivity contribution in [3.63, 3.8) is 0 Å². The molecule has 0 unspecified atom stereocenters. The van der Waals surface area contributed by atoms with E-state index in [4.69, 9.17) is 5.73 Å². The predicted octanol–water partition coefficient (Wildman–Crippen LogP) is 3.34. The predicted molar refractivity (Wildman–Crippen MR) is 123 cm³/mol. The number of hydrogen-bond acceptors (Lipinski definition) is 6. The van der Waals surface area contributed by atoms with Crippen LogP contribution >= 0.6 is 0 Å². The molecular weight excluding hydrogens is 438 g/mol. The van der Waals surface area contributed by atoms with E-state index in [1.807, 2.05) is 0 Å². The van der Waals surface area contributed by atoms with Gasteiger partial charge in [-0.15, -0.1) is 0 Å². The summed E-state index contributed by atoms with van der Waals surface area (Å²) >= 11 is 0. The van der Waals surface area contributed by atoms with E-state index in [9.17, 15) is 21.6 Å². The molecule has 0 bridgehead atoms. The summed E-state index contributed by atoms with van der Waals surface area (Å²) in [6, 6.07) is 12.1. The van der Waals surface area contributed by atoms with Crippen LogP contribution < -0.4 is 15.8 Å². The van der Waals surface area contributed by atoms with E-state index in [1.165, 1.54) is 36.4 Å². The molecule has 0 saturated heterocycles. The molecular formula is C21H29N3O5S2. The molecule has 2 aromatic rings. The molecule has 10 heteroatoms. The van der Waals surface area contributed by atoms with Crippen molar-refractivity contribution in [2.24, 2.45) is 5.73 Å². The number of para-hydroxylation sites is 1. The van der Waals surface area contributed by atoms with Gasteiger partial charge in [0.1, 0.15) is 5.88 Å². The zero-order valence-corrected chi connectivity index (χ0v) is 19.1. The van der Waals surface area contributed by atoms with Gasteiger partial charge in [0.2, 0.25) is 10.0 Å². The summed E-state index contributed by atoms with van der Waals surface area (Å²) in [5.41, 5.74) is 5.82. The molecule has 4 N–H and O–H groups in total. The molecule has 0 aromatic heterocycles. The van der Waals surface area contributed by atoms with Crippen molar-refractivity contribution in [3.05, 3.63) is 54.1 Å². The summed E-state index contributed by atoms with van der Waals surface area (Å²) in [5.74, 6) is -1.06. The number of sulfonamides is 1. The summed E-state index contributed by atoms with van der Waals surface area (Å²) in [6.45, 7) is 2.11. The summed E-state index contributed by atoms with van der Waals surface area (Å²) in [4.78, 5) is 12.8. The Morgan fingerprint density at radius 1 is 0.903 bits per heavy atom. The topological polar surface area (TPSA) is 135 Å². The smallest absolute Gasteiger partial charge is 0.257 e. The molecule has 0 radical (unpaired) electrons. The number of amides is 1. The Kier molecular flexibility index (Phi) is 9.02. The van der Waals surface area contributed by atoms with Gasteiger partial charge in [-0.1, -0.05) is 44.7 Å². The third-order valence-electron chi connectivity index (χ3n) is 4.64. The summed E-state index contributed by atoms with van der Waals surface area (Å²) in [5, 5.41) is 2.65. The van der Waals surface area contributed by atoms with Crippen LogP contribution in [0, 0.1) is 0 Å². The van der Waals surface area contributed by atoms with E-state index in [0.29, 0.717) is 12.1 Å². The number of nitrogens with one attached hydrogen (secondary N) is 2. The van der Waals surface area contributed by atoms with Crippen LogP contribution in [0.15, 0.2) is 53.4 Å². The second kappa shape index (κ2) is 11.3. The summed E-state index contributed by atoms with van der Waals surface area (Å²) in [6.07, 6.45) is 4.74. The molecule has 0 fully saturated rings. The normalized spacial score (nSPS) is 11.8. The van der Waals surface area contributed by atoms with Crippen molar-refractivity contribution in [2.75, 3.05) is 21.7 Å². The van der Waals surface area contributed by atoms with E-state index < -0.39 is 31.6 Å². The third kappa shape index (κ3) is 7.64. The van der Waals surface area contributed by atoms with Crippen molar-refractivity contribution in [2.45, 2.75) is 43.9 Å². The van der Waals surface area contributed by atoms with Crippen LogP contribution in [0.25, 0.3) is 0 Å². The molecule has 0 aliphatic rings. The first-order valence-corrected chi connectivity index (χ1v) is 13.4. The van der Waals surface area contributed by atoms with Crippen molar-refractivity contribution >= 4 is 37.1 Å². The zero-order chi connectivity index (χ0) is 22.9. The van der Waals surface area contributed by atoms with Crippen LogP contribution in [0.1, 0.15) is 49.4 Å². The van der Waals surface area contributed by atoms with Crippen LogP contribution in [0.5, 0.6) is 0 Å². The third-order valence-corrected chi connectivity index (χ3v) is 7.43. The minimum Gasteiger partial charge on any atom is -0.322 e. The molecule has 0 saturated carbocycles. The second-order valence-electron chi connectivity index (χ2n) is 7.14. The largest absolute Gasteiger partial charge is 0.322 e. The van der Waals surface area contributed by atoms with Crippen LogP contribution in [0.2, 0.25) is 0 Å². The van der Waals surface area contributed by atoms with Crippen LogP contribution in [0.3, 0.4) is 0 Å². The fourth-order valence-electron chi connectivity index (χ4n) is 2.94. The maximum atomic E-state index is 12.6. The summed E-state index contributed by atoms with van der Waals surface area (Å²) in [7, 11) is -7.13. The van der Waals surface area contributed by atoms with Gasteiger partial charge < -0.3 is 11.1 Å². The monoisotopic (exact) mass is 467 g/mol. The number of hydrogen-bond donors (Lipinski definition) is 3. The van der Waals surface area contributed by atoms with Gasteiger partial charge in [-0.05, 0) is 42.8 Å². The van der Waals surface area contributed by atoms with E-state index >= 15 is 0 Å². The van der Waals surface area contributed by atoms with Gasteiger partial charge in [0.15, 0.2) is 9.84 Å². The minimum atomic E-state index is -3.76. The highest BCUT2D eigenvalue weighted by atomic mass is 32.2. The van der Waals surface area contributed by atoms with Crippen molar-refractivity contribution in [1.29, 1.82) is 0 Å². The van der Waals surface area contributed by atoms with Gasteiger partial charge >= 0.3 is 0 Å². The average Bonchev–Trinajstić information content (AvgIpc) is 2.74. The van der Waals surface area contributed by atoms with E-state index in [1.54, 1.807) is 12.1 Å². The zero-order valence-electron chi connectivity index (χ0n) is 17.5. The summed E-state index contributed by atoms with van der Waals surface area (Å²) < 4.78 is 50.7. The van der Waals surface area contributed by atoms with Gasteiger partial charge in [0.05, 0.1) is 21.9 Å².